The number of pyridine rings is 2. The van der Waals surface area contributed by atoms with Crippen molar-refractivity contribution in [3.05, 3.63) is 63.4 Å². The zero-order chi connectivity index (χ0) is 19.0. The van der Waals surface area contributed by atoms with E-state index in [2.05, 4.69) is 6.07 Å². The summed E-state index contributed by atoms with van der Waals surface area (Å²) in [7, 11) is 0. The maximum absolute atomic E-state index is 13.1. The minimum Gasteiger partial charge on any atom is -0.461 e. The van der Waals surface area contributed by atoms with Crippen LogP contribution >= 0.6 is 0 Å². The van der Waals surface area contributed by atoms with Gasteiger partial charge in [0.2, 0.25) is 0 Å². The van der Waals surface area contributed by atoms with Crippen molar-refractivity contribution in [3.8, 4) is 11.4 Å². The number of rotatable bonds is 5. The highest BCUT2D eigenvalue weighted by atomic mass is 16.5. The Kier molecular flexibility index (Phi) is 4.52. The lowest BCUT2D eigenvalue weighted by molar-refractivity contribution is -0.145. The Morgan fingerprint density at radius 1 is 1.22 bits per heavy atom. The minimum atomic E-state index is -0.263. The molecular weight excluding hydrogens is 340 g/mol. The third-order valence-corrected chi connectivity index (χ3v) is 5.08. The van der Waals surface area contributed by atoms with Crippen molar-refractivity contribution in [2.75, 3.05) is 0 Å². The maximum atomic E-state index is 13.1. The van der Waals surface area contributed by atoms with Crippen LogP contribution < -0.4 is 5.56 Å². The summed E-state index contributed by atoms with van der Waals surface area (Å²) in [5, 5.41) is 1.07. The average Bonchev–Trinajstić information content (AvgIpc) is 3.03. The van der Waals surface area contributed by atoms with Gasteiger partial charge in [0.1, 0.15) is 6.61 Å². The predicted octanol–water partition coefficient (Wildman–Crippen LogP) is 3.83. The Balaban J connectivity index is 1.78. The molecule has 0 radical (unpaired) electrons. The van der Waals surface area contributed by atoms with Crippen molar-refractivity contribution in [1.82, 2.24) is 9.55 Å². The minimum absolute atomic E-state index is 0.0346. The molecule has 138 valence electrons. The maximum Gasteiger partial charge on any atom is 0.306 e. The van der Waals surface area contributed by atoms with E-state index in [4.69, 9.17) is 9.72 Å². The summed E-state index contributed by atoms with van der Waals surface area (Å²) in [4.78, 5) is 29.6. The van der Waals surface area contributed by atoms with Gasteiger partial charge in [-0.05, 0) is 36.6 Å². The van der Waals surface area contributed by atoms with Crippen molar-refractivity contribution >= 4 is 16.9 Å². The first-order valence-electron chi connectivity index (χ1n) is 9.42. The number of aromatic nitrogens is 2. The van der Waals surface area contributed by atoms with Crippen LogP contribution in [0.5, 0.6) is 0 Å². The van der Waals surface area contributed by atoms with Gasteiger partial charge in [0.25, 0.3) is 5.56 Å². The van der Waals surface area contributed by atoms with Gasteiger partial charge in [-0.25, -0.2) is 4.98 Å². The van der Waals surface area contributed by atoms with Crippen LogP contribution in [0.25, 0.3) is 22.3 Å². The molecule has 3 heterocycles. The van der Waals surface area contributed by atoms with Gasteiger partial charge in [0.15, 0.2) is 0 Å². The molecule has 1 aliphatic heterocycles. The second-order valence-corrected chi connectivity index (χ2v) is 6.88. The van der Waals surface area contributed by atoms with E-state index in [1.54, 1.807) is 4.57 Å². The normalized spacial score (nSPS) is 12.1. The molecule has 0 atom stereocenters. The van der Waals surface area contributed by atoms with Gasteiger partial charge in [-0.15, -0.1) is 0 Å². The number of aryl methyl sites for hydroxylation is 1. The van der Waals surface area contributed by atoms with E-state index in [9.17, 15) is 9.59 Å². The third kappa shape index (κ3) is 3.03. The molecule has 1 aromatic carbocycles. The van der Waals surface area contributed by atoms with Gasteiger partial charge < -0.3 is 9.30 Å². The Labute approximate surface area is 157 Å². The Morgan fingerprint density at radius 3 is 2.81 bits per heavy atom. The molecule has 0 unspecified atom stereocenters. The van der Waals surface area contributed by atoms with Crippen LogP contribution in [0, 0.1) is 0 Å². The SMILES string of the molecule is CCCC(=O)OCc1c(CC)cc2n(c1=O)Cc1cc3ccccc3nc1-2. The molecule has 0 fully saturated rings. The summed E-state index contributed by atoms with van der Waals surface area (Å²) in [6, 6.07) is 12.1. The molecule has 0 saturated carbocycles. The molecule has 1 aliphatic rings. The molecule has 27 heavy (non-hydrogen) atoms. The van der Waals surface area contributed by atoms with Gasteiger partial charge in [-0.2, -0.15) is 0 Å². The average molecular weight is 362 g/mol. The van der Waals surface area contributed by atoms with Crippen molar-refractivity contribution in [3.63, 3.8) is 0 Å². The monoisotopic (exact) mass is 362 g/mol. The number of hydrogen-bond donors (Lipinski definition) is 0. The fourth-order valence-electron chi connectivity index (χ4n) is 3.66. The van der Waals surface area contributed by atoms with E-state index in [0.717, 1.165) is 39.8 Å². The lowest BCUT2D eigenvalue weighted by atomic mass is 10.0. The summed E-state index contributed by atoms with van der Waals surface area (Å²) in [5.74, 6) is -0.263. The van der Waals surface area contributed by atoms with Gasteiger partial charge in [-0.1, -0.05) is 32.0 Å². The van der Waals surface area contributed by atoms with Crippen LogP contribution in [0.1, 0.15) is 43.4 Å². The van der Waals surface area contributed by atoms with Crippen LogP contribution in [0.4, 0.5) is 0 Å². The largest absolute Gasteiger partial charge is 0.461 e. The number of fused-ring (bicyclic) bond motifs is 4. The number of para-hydroxylation sites is 1. The number of benzene rings is 1. The fraction of sp³-hybridized carbons (Fsp3) is 0.318. The highest BCUT2D eigenvalue weighted by Gasteiger charge is 2.25. The summed E-state index contributed by atoms with van der Waals surface area (Å²) in [5.41, 5.74) is 5.09. The van der Waals surface area contributed by atoms with E-state index in [0.29, 0.717) is 24.9 Å². The first kappa shape index (κ1) is 17.5. The first-order valence-corrected chi connectivity index (χ1v) is 9.42. The molecule has 5 heteroatoms. The van der Waals surface area contributed by atoms with Crippen LogP contribution in [0.15, 0.2) is 41.2 Å². The zero-order valence-corrected chi connectivity index (χ0v) is 15.6. The van der Waals surface area contributed by atoms with Crippen LogP contribution in [-0.4, -0.2) is 15.5 Å². The Hall–Kier alpha value is -2.95. The van der Waals surface area contributed by atoms with E-state index in [1.165, 1.54) is 0 Å². The van der Waals surface area contributed by atoms with Crippen molar-refractivity contribution in [1.29, 1.82) is 0 Å². The van der Waals surface area contributed by atoms with Crippen molar-refractivity contribution in [2.24, 2.45) is 0 Å². The molecule has 3 aromatic rings. The molecule has 0 amide bonds. The van der Waals surface area contributed by atoms with Crippen LogP contribution in [0.3, 0.4) is 0 Å². The van der Waals surface area contributed by atoms with Gasteiger partial charge >= 0.3 is 5.97 Å². The highest BCUT2D eigenvalue weighted by Crippen LogP contribution is 2.32. The molecule has 5 nitrogen and oxygen atoms in total. The number of hydrogen-bond acceptors (Lipinski definition) is 4. The lowest BCUT2D eigenvalue weighted by Crippen LogP contribution is -2.26. The Morgan fingerprint density at radius 2 is 2.04 bits per heavy atom. The molecule has 0 N–H and O–H groups in total. The second kappa shape index (κ2) is 6.99. The first-order chi connectivity index (χ1) is 13.1. The third-order valence-electron chi connectivity index (χ3n) is 5.08. The molecule has 2 aromatic heterocycles. The topological polar surface area (TPSA) is 61.2 Å². The summed E-state index contributed by atoms with van der Waals surface area (Å²) >= 11 is 0. The number of ether oxygens (including phenoxy) is 1. The van der Waals surface area contributed by atoms with E-state index >= 15 is 0 Å². The van der Waals surface area contributed by atoms with Gasteiger partial charge in [0.05, 0.1) is 29.0 Å². The molecule has 0 saturated heterocycles. The highest BCUT2D eigenvalue weighted by molar-refractivity contribution is 5.84. The number of nitrogens with zero attached hydrogens (tertiary/aromatic N) is 2. The lowest BCUT2D eigenvalue weighted by Gasteiger charge is -2.12. The molecule has 0 aliphatic carbocycles. The molecule has 0 bridgehead atoms. The summed E-state index contributed by atoms with van der Waals surface area (Å²) < 4.78 is 7.07. The fourth-order valence-corrected chi connectivity index (χ4v) is 3.66. The van der Waals surface area contributed by atoms with Gasteiger partial charge in [0, 0.05) is 17.4 Å². The van der Waals surface area contributed by atoms with Crippen LogP contribution in [0.2, 0.25) is 0 Å². The van der Waals surface area contributed by atoms with Gasteiger partial charge in [-0.3, -0.25) is 9.59 Å². The quantitative estimate of drug-likeness (QED) is 0.506. The predicted molar refractivity (Wildman–Crippen MR) is 105 cm³/mol. The smallest absolute Gasteiger partial charge is 0.306 e. The number of carbonyl (C=O) groups is 1. The second-order valence-electron chi connectivity index (χ2n) is 6.88. The molecular formula is C22H22N2O3. The summed E-state index contributed by atoms with van der Waals surface area (Å²) in [6.45, 7) is 4.47. The van der Waals surface area contributed by atoms with E-state index in [1.807, 2.05) is 44.2 Å². The van der Waals surface area contributed by atoms with Crippen molar-refractivity contribution in [2.45, 2.75) is 46.3 Å². The Bertz CT molecular complexity index is 1100. The zero-order valence-electron chi connectivity index (χ0n) is 15.6. The number of esters is 1. The van der Waals surface area contributed by atoms with Crippen molar-refractivity contribution < 1.29 is 9.53 Å². The number of carbonyl (C=O) groups excluding carboxylic acids is 1. The molecule has 4 rings (SSSR count). The van der Waals surface area contributed by atoms with E-state index < -0.39 is 0 Å². The standard InChI is InChI=1S/C22H22N2O3/c1-3-7-20(25)27-13-17-14(4-2)11-19-21-16(12-24(19)22(17)26)10-15-8-5-6-9-18(15)23-21/h5-6,8-11H,3-4,7,12-13H2,1-2H3. The van der Waals surface area contributed by atoms with Crippen LogP contribution in [-0.2, 0) is 29.1 Å². The van der Waals surface area contributed by atoms with E-state index in [-0.39, 0.29) is 18.1 Å². The molecule has 0 spiro atoms. The summed E-state index contributed by atoms with van der Waals surface area (Å²) in [6.07, 6.45) is 1.81.